The van der Waals surface area contributed by atoms with E-state index in [-0.39, 0.29) is 24.0 Å². The number of fused-ring (bicyclic) bond motifs is 1. The third kappa shape index (κ3) is 5.15. The second kappa shape index (κ2) is 9.14. The van der Waals surface area contributed by atoms with Crippen molar-refractivity contribution in [1.82, 2.24) is 25.0 Å². The van der Waals surface area contributed by atoms with Gasteiger partial charge in [0, 0.05) is 29.5 Å². The zero-order valence-corrected chi connectivity index (χ0v) is 17.8. The first-order chi connectivity index (χ1) is 11.7. The molecule has 2 N–H and O–H groups in total. The Labute approximate surface area is 168 Å². The summed E-state index contributed by atoms with van der Waals surface area (Å²) in [5.41, 5.74) is 3.07. The van der Waals surface area contributed by atoms with E-state index < -0.39 is 0 Å². The van der Waals surface area contributed by atoms with Crippen molar-refractivity contribution in [3.63, 3.8) is 0 Å². The number of aryl methyl sites for hydroxylation is 2. The minimum absolute atomic E-state index is 0. The molecule has 25 heavy (non-hydrogen) atoms. The fraction of sp³-hybridized carbons (Fsp3) is 0.353. The third-order valence-corrected chi connectivity index (χ3v) is 4.48. The Hall–Kier alpha value is -1.68. The molecular formula is C17H23IN6S. The summed E-state index contributed by atoms with van der Waals surface area (Å²) >= 11 is 1.69. The molecule has 0 unspecified atom stereocenters. The first-order valence-corrected chi connectivity index (χ1v) is 8.84. The van der Waals surface area contributed by atoms with Crippen molar-refractivity contribution in [3.8, 4) is 0 Å². The average Bonchev–Trinajstić information content (AvgIpc) is 3.17. The van der Waals surface area contributed by atoms with Gasteiger partial charge < -0.3 is 15.0 Å². The number of nitrogens with zero attached hydrogens (tertiary/aromatic N) is 4. The zero-order chi connectivity index (χ0) is 16.9. The fourth-order valence-corrected chi connectivity index (χ4v) is 3.15. The maximum Gasteiger partial charge on any atom is 0.191 e. The molecule has 0 saturated heterocycles. The van der Waals surface area contributed by atoms with Crippen LogP contribution in [0.15, 0.2) is 35.6 Å². The van der Waals surface area contributed by atoms with Crippen LogP contribution < -0.4 is 10.6 Å². The largest absolute Gasteiger partial charge is 0.357 e. The summed E-state index contributed by atoms with van der Waals surface area (Å²) in [6.07, 6.45) is 3.94. The highest BCUT2D eigenvalue weighted by atomic mass is 127. The molecule has 0 aromatic carbocycles. The molecule has 8 heteroatoms. The van der Waals surface area contributed by atoms with Gasteiger partial charge in [-0.1, -0.05) is 6.07 Å². The number of halogens is 1. The molecule has 3 aromatic rings. The Morgan fingerprint density at radius 1 is 1.28 bits per heavy atom. The summed E-state index contributed by atoms with van der Waals surface area (Å²) < 4.78 is 2.09. The average molecular weight is 470 g/mol. The Balaban J connectivity index is 0.00000225. The molecular weight excluding hydrogens is 447 g/mol. The standard InChI is InChI=1S/C17H22N6S.HI/c1-4-18-17(21-10-16-19-8-13(3)24-16)20-9-14-11-23-12(2)6-5-7-15(23)22-14;/h5-8,11H,4,9-10H2,1-3H3,(H2,18,20,21);1H. The molecule has 0 radical (unpaired) electrons. The number of thiazole rings is 1. The summed E-state index contributed by atoms with van der Waals surface area (Å²) in [4.78, 5) is 14.8. The van der Waals surface area contributed by atoms with Crippen molar-refractivity contribution in [3.05, 3.63) is 51.9 Å². The normalized spacial score (nSPS) is 11.4. The molecule has 3 aromatic heterocycles. The molecule has 3 heterocycles. The SMILES string of the molecule is CCNC(=NCc1cn2c(C)cccc2n1)NCc1ncc(C)s1.I. The van der Waals surface area contributed by atoms with E-state index in [2.05, 4.69) is 56.8 Å². The van der Waals surface area contributed by atoms with Gasteiger partial charge in [-0.3, -0.25) is 0 Å². The van der Waals surface area contributed by atoms with E-state index in [0.29, 0.717) is 13.1 Å². The topological polar surface area (TPSA) is 66.6 Å². The minimum atomic E-state index is 0. The number of imidazole rings is 1. The number of aromatic nitrogens is 3. The van der Waals surface area contributed by atoms with Crippen molar-refractivity contribution >= 4 is 46.9 Å². The lowest BCUT2D eigenvalue weighted by Gasteiger charge is -2.09. The van der Waals surface area contributed by atoms with Gasteiger partial charge in [-0.15, -0.1) is 35.3 Å². The van der Waals surface area contributed by atoms with E-state index >= 15 is 0 Å². The number of pyridine rings is 1. The smallest absolute Gasteiger partial charge is 0.191 e. The summed E-state index contributed by atoms with van der Waals surface area (Å²) in [7, 11) is 0. The van der Waals surface area contributed by atoms with Crippen molar-refractivity contribution in [2.24, 2.45) is 4.99 Å². The predicted molar refractivity (Wildman–Crippen MR) is 114 cm³/mol. The first-order valence-electron chi connectivity index (χ1n) is 8.03. The number of hydrogen-bond donors (Lipinski definition) is 2. The minimum Gasteiger partial charge on any atom is -0.357 e. The van der Waals surface area contributed by atoms with Gasteiger partial charge in [-0.25, -0.2) is 15.0 Å². The second-order valence-electron chi connectivity index (χ2n) is 5.54. The maximum atomic E-state index is 4.63. The van der Waals surface area contributed by atoms with Crippen LogP contribution >= 0.6 is 35.3 Å². The molecule has 0 aliphatic rings. The van der Waals surface area contributed by atoms with Crippen LogP contribution in [0.5, 0.6) is 0 Å². The lowest BCUT2D eigenvalue weighted by molar-refractivity contribution is 0.809. The summed E-state index contributed by atoms with van der Waals surface area (Å²) in [5.74, 6) is 0.777. The van der Waals surface area contributed by atoms with Crippen LogP contribution in [0.1, 0.15) is 28.2 Å². The number of nitrogens with one attached hydrogen (secondary N) is 2. The Morgan fingerprint density at radius 3 is 2.80 bits per heavy atom. The van der Waals surface area contributed by atoms with Crippen LogP contribution in [-0.2, 0) is 13.1 Å². The number of aliphatic imine (C=N–C) groups is 1. The van der Waals surface area contributed by atoms with Gasteiger partial charge in [0.15, 0.2) is 5.96 Å². The van der Waals surface area contributed by atoms with Crippen molar-refractivity contribution in [1.29, 1.82) is 0 Å². The van der Waals surface area contributed by atoms with Crippen LogP contribution in [-0.4, -0.2) is 26.9 Å². The van der Waals surface area contributed by atoms with E-state index in [1.54, 1.807) is 11.3 Å². The fourth-order valence-electron chi connectivity index (χ4n) is 2.42. The van der Waals surface area contributed by atoms with Gasteiger partial charge in [0.1, 0.15) is 10.7 Å². The van der Waals surface area contributed by atoms with Gasteiger partial charge in [-0.05, 0) is 32.9 Å². The highest BCUT2D eigenvalue weighted by Crippen LogP contribution is 2.11. The van der Waals surface area contributed by atoms with Crippen LogP contribution in [0.3, 0.4) is 0 Å². The third-order valence-electron chi connectivity index (χ3n) is 3.57. The van der Waals surface area contributed by atoms with Gasteiger partial charge in [0.2, 0.25) is 0 Å². The van der Waals surface area contributed by atoms with Crippen molar-refractivity contribution in [2.45, 2.75) is 33.9 Å². The first kappa shape index (κ1) is 19.6. The molecule has 0 bridgehead atoms. The summed E-state index contributed by atoms with van der Waals surface area (Å²) in [6.45, 7) is 8.21. The summed E-state index contributed by atoms with van der Waals surface area (Å²) in [5, 5.41) is 7.63. The number of hydrogen-bond acceptors (Lipinski definition) is 4. The number of guanidine groups is 1. The van der Waals surface area contributed by atoms with Crippen LogP contribution in [0.25, 0.3) is 5.65 Å². The molecule has 134 valence electrons. The predicted octanol–water partition coefficient (Wildman–Crippen LogP) is 3.28. The second-order valence-corrected chi connectivity index (χ2v) is 6.86. The van der Waals surface area contributed by atoms with E-state index in [9.17, 15) is 0 Å². The zero-order valence-electron chi connectivity index (χ0n) is 14.6. The van der Waals surface area contributed by atoms with Gasteiger partial charge in [0.25, 0.3) is 0 Å². The van der Waals surface area contributed by atoms with Crippen LogP contribution in [0, 0.1) is 13.8 Å². The monoisotopic (exact) mass is 470 g/mol. The lowest BCUT2D eigenvalue weighted by Crippen LogP contribution is -2.36. The van der Waals surface area contributed by atoms with Crippen molar-refractivity contribution < 1.29 is 0 Å². The molecule has 0 aliphatic carbocycles. The number of rotatable bonds is 5. The van der Waals surface area contributed by atoms with Crippen molar-refractivity contribution in [2.75, 3.05) is 6.54 Å². The van der Waals surface area contributed by atoms with Gasteiger partial charge in [0.05, 0.1) is 18.8 Å². The van der Waals surface area contributed by atoms with Gasteiger partial charge >= 0.3 is 0 Å². The van der Waals surface area contributed by atoms with Crippen LogP contribution in [0.2, 0.25) is 0 Å². The Morgan fingerprint density at radius 2 is 2.12 bits per heavy atom. The van der Waals surface area contributed by atoms with Gasteiger partial charge in [-0.2, -0.15) is 0 Å². The van der Waals surface area contributed by atoms with E-state index in [4.69, 9.17) is 0 Å². The lowest BCUT2D eigenvalue weighted by atomic mass is 10.4. The van der Waals surface area contributed by atoms with Crippen LogP contribution in [0.4, 0.5) is 0 Å². The molecule has 0 saturated carbocycles. The molecule has 0 atom stereocenters. The molecule has 0 amide bonds. The Bertz CT molecular complexity index is 854. The molecule has 3 rings (SSSR count). The van der Waals surface area contributed by atoms with E-state index in [1.165, 1.54) is 10.6 Å². The molecule has 0 fully saturated rings. The Kier molecular flexibility index (Phi) is 7.18. The maximum absolute atomic E-state index is 4.63. The van der Waals surface area contributed by atoms with E-state index in [1.807, 2.05) is 24.5 Å². The van der Waals surface area contributed by atoms with E-state index in [0.717, 1.165) is 28.9 Å². The highest BCUT2D eigenvalue weighted by Gasteiger charge is 2.04. The molecule has 6 nitrogen and oxygen atoms in total. The molecule has 0 aliphatic heterocycles. The molecule has 0 spiro atoms. The quantitative estimate of drug-likeness (QED) is 0.341. The highest BCUT2D eigenvalue weighted by molar-refractivity contribution is 14.0. The summed E-state index contributed by atoms with van der Waals surface area (Å²) in [6, 6.07) is 6.10.